The van der Waals surface area contributed by atoms with E-state index in [2.05, 4.69) is 6.92 Å². The van der Waals surface area contributed by atoms with Crippen LogP contribution >= 0.6 is 0 Å². The topological polar surface area (TPSA) is 57.7 Å². The highest BCUT2D eigenvalue weighted by Gasteiger charge is 2.39. The zero-order valence-corrected chi connectivity index (χ0v) is 15.2. The van der Waals surface area contributed by atoms with Gasteiger partial charge in [0.05, 0.1) is 4.90 Å². The average Bonchev–Trinajstić information content (AvgIpc) is 2.64. The fourth-order valence-corrected chi connectivity index (χ4v) is 4.68. The second-order valence-electron chi connectivity index (χ2n) is 6.11. The van der Waals surface area contributed by atoms with E-state index in [0.717, 1.165) is 12.1 Å². The molecule has 0 aliphatic carbocycles. The predicted molar refractivity (Wildman–Crippen MR) is 98.0 cm³/mol. The molecule has 1 aliphatic rings. The smallest absolute Gasteiger partial charge is 0.245 e. The maximum atomic E-state index is 12.8. The van der Waals surface area contributed by atoms with Crippen molar-refractivity contribution in [2.75, 3.05) is 18.0 Å². The van der Waals surface area contributed by atoms with Crippen LogP contribution in [0, 0.1) is 0 Å². The maximum Gasteiger partial charge on any atom is 0.245 e. The fraction of sp³-hybridized carbons (Fsp3) is 0.316. The molecule has 25 heavy (non-hydrogen) atoms. The van der Waals surface area contributed by atoms with Crippen molar-refractivity contribution in [3.05, 3.63) is 60.2 Å². The van der Waals surface area contributed by atoms with E-state index in [1.165, 1.54) is 9.87 Å². The molecule has 3 rings (SSSR count). The monoisotopic (exact) mass is 358 g/mol. The van der Waals surface area contributed by atoms with Gasteiger partial charge >= 0.3 is 0 Å². The van der Waals surface area contributed by atoms with Crippen LogP contribution in [-0.4, -0.2) is 37.8 Å². The molecule has 0 N–H and O–H groups in total. The summed E-state index contributed by atoms with van der Waals surface area (Å²) >= 11 is 0. The van der Waals surface area contributed by atoms with Gasteiger partial charge in [-0.2, -0.15) is 4.31 Å². The zero-order chi connectivity index (χ0) is 18.0. The second kappa shape index (κ2) is 6.98. The standard InChI is InChI=1S/C19H22N2O3S/c1-3-16-9-11-17(12-10-16)20-13-14-21(15(2)19(20)22)25(23,24)18-7-5-4-6-8-18/h4-12,15H,3,13-14H2,1-2H3. The Morgan fingerprint density at radius 1 is 1.00 bits per heavy atom. The Kier molecular flexibility index (Phi) is 4.92. The molecule has 5 nitrogen and oxygen atoms in total. The van der Waals surface area contributed by atoms with E-state index >= 15 is 0 Å². The fourth-order valence-electron chi connectivity index (χ4n) is 3.08. The number of aryl methyl sites for hydroxylation is 1. The molecule has 0 saturated carbocycles. The van der Waals surface area contributed by atoms with Crippen molar-refractivity contribution in [2.45, 2.75) is 31.2 Å². The summed E-state index contributed by atoms with van der Waals surface area (Å²) in [6.07, 6.45) is 0.938. The predicted octanol–water partition coefficient (Wildman–Crippen LogP) is 2.68. The molecular weight excluding hydrogens is 336 g/mol. The summed E-state index contributed by atoms with van der Waals surface area (Å²) < 4.78 is 26.9. The van der Waals surface area contributed by atoms with Crippen molar-refractivity contribution in [2.24, 2.45) is 0 Å². The number of sulfonamides is 1. The molecule has 0 radical (unpaired) electrons. The van der Waals surface area contributed by atoms with E-state index in [9.17, 15) is 13.2 Å². The summed E-state index contributed by atoms with van der Waals surface area (Å²) in [6, 6.07) is 15.4. The maximum absolute atomic E-state index is 12.8. The number of anilines is 1. The molecule has 1 unspecified atom stereocenters. The summed E-state index contributed by atoms with van der Waals surface area (Å²) in [4.78, 5) is 14.7. The number of piperazine rings is 1. The van der Waals surface area contributed by atoms with Crippen molar-refractivity contribution in [1.82, 2.24) is 4.31 Å². The molecule has 132 valence electrons. The van der Waals surface area contributed by atoms with Gasteiger partial charge < -0.3 is 4.90 Å². The van der Waals surface area contributed by atoms with Crippen molar-refractivity contribution in [1.29, 1.82) is 0 Å². The summed E-state index contributed by atoms with van der Waals surface area (Å²) in [5.74, 6) is -0.199. The van der Waals surface area contributed by atoms with Crippen LogP contribution in [0.3, 0.4) is 0 Å². The minimum absolute atomic E-state index is 0.199. The van der Waals surface area contributed by atoms with Crippen LogP contribution in [0.4, 0.5) is 5.69 Å². The lowest BCUT2D eigenvalue weighted by molar-refractivity contribution is -0.123. The van der Waals surface area contributed by atoms with Gasteiger partial charge in [0.1, 0.15) is 6.04 Å². The summed E-state index contributed by atoms with van der Waals surface area (Å²) in [7, 11) is -3.67. The molecule has 0 spiro atoms. The van der Waals surface area contributed by atoms with Gasteiger partial charge in [0.25, 0.3) is 0 Å². The number of rotatable bonds is 4. The molecule has 2 aromatic rings. The summed E-state index contributed by atoms with van der Waals surface area (Å²) in [6.45, 7) is 4.35. The van der Waals surface area contributed by atoms with E-state index in [1.54, 1.807) is 42.2 Å². The van der Waals surface area contributed by atoms with E-state index in [0.29, 0.717) is 6.54 Å². The number of benzene rings is 2. The highest BCUT2D eigenvalue weighted by Crippen LogP contribution is 2.25. The van der Waals surface area contributed by atoms with Crippen molar-refractivity contribution < 1.29 is 13.2 Å². The molecule has 1 saturated heterocycles. The van der Waals surface area contributed by atoms with Crippen molar-refractivity contribution in [3.8, 4) is 0 Å². The lowest BCUT2D eigenvalue weighted by Gasteiger charge is -2.38. The van der Waals surface area contributed by atoms with Crippen LogP contribution in [-0.2, 0) is 21.2 Å². The number of amides is 1. The third-order valence-electron chi connectivity index (χ3n) is 4.61. The highest BCUT2D eigenvalue weighted by molar-refractivity contribution is 7.89. The zero-order valence-electron chi connectivity index (χ0n) is 14.4. The molecule has 1 aliphatic heterocycles. The Balaban J connectivity index is 1.84. The molecule has 0 aromatic heterocycles. The van der Waals surface area contributed by atoms with Crippen LogP contribution in [0.25, 0.3) is 0 Å². The first-order valence-electron chi connectivity index (χ1n) is 8.42. The first kappa shape index (κ1) is 17.6. The second-order valence-corrected chi connectivity index (χ2v) is 8.01. The summed E-state index contributed by atoms with van der Waals surface area (Å²) in [5.41, 5.74) is 2.01. The molecule has 1 amide bonds. The van der Waals surface area contributed by atoms with Gasteiger partial charge in [-0.3, -0.25) is 4.79 Å². The number of hydrogen-bond acceptors (Lipinski definition) is 3. The Bertz CT molecular complexity index is 848. The van der Waals surface area contributed by atoms with Gasteiger partial charge in [0, 0.05) is 18.8 Å². The molecule has 2 aromatic carbocycles. The Labute approximate surface area is 148 Å². The number of hydrogen-bond donors (Lipinski definition) is 0. The van der Waals surface area contributed by atoms with E-state index in [4.69, 9.17) is 0 Å². The Morgan fingerprint density at radius 3 is 2.24 bits per heavy atom. The molecule has 1 fully saturated rings. The Hall–Kier alpha value is -2.18. The third-order valence-corrected chi connectivity index (χ3v) is 6.59. The minimum Gasteiger partial charge on any atom is -0.310 e. The first-order chi connectivity index (χ1) is 11.9. The van der Waals surface area contributed by atoms with E-state index in [1.807, 2.05) is 24.3 Å². The first-order valence-corrected chi connectivity index (χ1v) is 9.86. The average molecular weight is 358 g/mol. The van der Waals surface area contributed by atoms with E-state index < -0.39 is 16.1 Å². The van der Waals surface area contributed by atoms with E-state index in [-0.39, 0.29) is 17.3 Å². The normalized spacial score (nSPS) is 19.2. The van der Waals surface area contributed by atoms with Crippen LogP contribution in [0.2, 0.25) is 0 Å². The molecule has 1 atom stereocenters. The number of carbonyl (C=O) groups is 1. The van der Waals surface area contributed by atoms with Crippen molar-refractivity contribution in [3.63, 3.8) is 0 Å². The highest BCUT2D eigenvalue weighted by atomic mass is 32.2. The number of carbonyl (C=O) groups excluding carboxylic acids is 1. The quantitative estimate of drug-likeness (QED) is 0.844. The van der Waals surface area contributed by atoms with Gasteiger partial charge in [-0.25, -0.2) is 8.42 Å². The summed E-state index contributed by atoms with van der Waals surface area (Å²) in [5, 5.41) is 0. The molecule has 0 bridgehead atoms. The SMILES string of the molecule is CCc1ccc(N2CCN(S(=O)(=O)c3ccccc3)C(C)C2=O)cc1. The van der Waals surface area contributed by atoms with Gasteiger partial charge in [-0.15, -0.1) is 0 Å². The largest absolute Gasteiger partial charge is 0.310 e. The van der Waals surface area contributed by atoms with Gasteiger partial charge in [-0.05, 0) is 43.2 Å². The van der Waals surface area contributed by atoms with Gasteiger partial charge in [0.15, 0.2) is 0 Å². The lowest BCUT2D eigenvalue weighted by Crippen LogP contribution is -2.57. The van der Waals surface area contributed by atoms with Gasteiger partial charge in [-0.1, -0.05) is 37.3 Å². The van der Waals surface area contributed by atoms with Crippen molar-refractivity contribution >= 4 is 21.6 Å². The van der Waals surface area contributed by atoms with Crippen LogP contribution in [0.5, 0.6) is 0 Å². The lowest BCUT2D eigenvalue weighted by atomic mass is 10.1. The third kappa shape index (κ3) is 3.32. The van der Waals surface area contributed by atoms with Gasteiger partial charge in [0.2, 0.25) is 15.9 Å². The molecule has 1 heterocycles. The molecule has 6 heteroatoms. The van der Waals surface area contributed by atoms with Crippen LogP contribution < -0.4 is 4.90 Å². The molecular formula is C19H22N2O3S. The minimum atomic E-state index is -3.67. The number of nitrogens with zero attached hydrogens (tertiary/aromatic N) is 2. The Morgan fingerprint density at radius 2 is 1.64 bits per heavy atom. The van der Waals surface area contributed by atoms with Crippen LogP contribution in [0.1, 0.15) is 19.4 Å². The van der Waals surface area contributed by atoms with Crippen LogP contribution in [0.15, 0.2) is 59.5 Å².